The molecule has 0 unspecified atom stereocenters. The lowest BCUT2D eigenvalue weighted by atomic mass is 10.3. The van der Waals surface area contributed by atoms with Crippen molar-refractivity contribution in [2.24, 2.45) is 7.05 Å². The first-order valence-electron chi connectivity index (χ1n) is 8.92. The predicted octanol–water partition coefficient (Wildman–Crippen LogP) is 3.43. The number of halogens is 1. The van der Waals surface area contributed by atoms with E-state index in [2.05, 4.69) is 25.4 Å². The SMILES string of the molecule is CCOC(=O)c1cc(C)n(-c2nc(Nc3ccc(Cl)cc3)c3ncn(C)c3n2)n1. The van der Waals surface area contributed by atoms with E-state index in [1.165, 1.54) is 4.68 Å². The van der Waals surface area contributed by atoms with Gasteiger partial charge in [-0.2, -0.15) is 15.1 Å². The molecule has 3 aromatic heterocycles. The van der Waals surface area contributed by atoms with Crippen molar-refractivity contribution in [1.29, 1.82) is 0 Å². The van der Waals surface area contributed by atoms with Crippen LogP contribution in [-0.2, 0) is 11.8 Å². The molecule has 0 amide bonds. The van der Waals surface area contributed by atoms with Crippen molar-refractivity contribution in [2.45, 2.75) is 13.8 Å². The van der Waals surface area contributed by atoms with Gasteiger partial charge in [-0.25, -0.2) is 14.5 Å². The normalized spacial score (nSPS) is 11.0. The van der Waals surface area contributed by atoms with Crippen LogP contribution in [0.2, 0.25) is 5.02 Å². The van der Waals surface area contributed by atoms with Crippen molar-refractivity contribution in [3.8, 4) is 5.95 Å². The van der Waals surface area contributed by atoms with Gasteiger partial charge in [-0.3, -0.25) is 0 Å². The molecule has 0 bridgehead atoms. The highest BCUT2D eigenvalue weighted by atomic mass is 35.5. The molecular formula is C19H18ClN7O2. The smallest absolute Gasteiger partial charge is 0.358 e. The number of carbonyl (C=O) groups excluding carboxylic acids is 1. The van der Waals surface area contributed by atoms with Gasteiger partial charge in [0.05, 0.1) is 12.9 Å². The van der Waals surface area contributed by atoms with Crippen LogP contribution in [0.4, 0.5) is 11.5 Å². The number of fused-ring (bicyclic) bond motifs is 1. The summed E-state index contributed by atoms with van der Waals surface area (Å²) in [5.74, 6) is 0.335. The maximum absolute atomic E-state index is 12.0. The van der Waals surface area contributed by atoms with E-state index in [-0.39, 0.29) is 12.3 Å². The van der Waals surface area contributed by atoms with E-state index in [9.17, 15) is 4.79 Å². The van der Waals surface area contributed by atoms with E-state index in [1.54, 1.807) is 36.0 Å². The Hall–Kier alpha value is -3.46. The molecule has 0 atom stereocenters. The number of ether oxygens (including phenoxy) is 1. The molecular weight excluding hydrogens is 394 g/mol. The Morgan fingerprint density at radius 1 is 1.24 bits per heavy atom. The topological polar surface area (TPSA) is 99.8 Å². The second-order valence-electron chi connectivity index (χ2n) is 6.34. The quantitative estimate of drug-likeness (QED) is 0.502. The summed E-state index contributed by atoms with van der Waals surface area (Å²) >= 11 is 5.97. The van der Waals surface area contributed by atoms with Crippen LogP contribution in [-0.4, -0.2) is 41.9 Å². The third-order valence-electron chi connectivity index (χ3n) is 4.22. The number of rotatable bonds is 5. The fraction of sp³-hybridized carbons (Fsp3) is 0.211. The third-order valence-corrected chi connectivity index (χ3v) is 4.47. The summed E-state index contributed by atoms with van der Waals surface area (Å²) in [6.45, 7) is 3.84. The third kappa shape index (κ3) is 3.64. The highest BCUT2D eigenvalue weighted by Gasteiger charge is 2.19. The predicted molar refractivity (Wildman–Crippen MR) is 109 cm³/mol. The van der Waals surface area contributed by atoms with Crippen LogP contribution in [0.5, 0.6) is 0 Å². The Morgan fingerprint density at radius 3 is 2.72 bits per heavy atom. The van der Waals surface area contributed by atoms with Crippen molar-refractivity contribution >= 4 is 40.2 Å². The molecule has 0 fully saturated rings. The second kappa shape index (κ2) is 7.51. The zero-order valence-electron chi connectivity index (χ0n) is 16.0. The first-order valence-corrected chi connectivity index (χ1v) is 9.30. The van der Waals surface area contributed by atoms with Gasteiger partial charge in [0, 0.05) is 23.5 Å². The van der Waals surface area contributed by atoms with E-state index in [0.717, 1.165) is 5.69 Å². The molecule has 0 aliphatic rings. The Kier molecular flexibility index (Phi) is 4.89. The Morgan fingerprint density at radius 2 is 2.00 bits per heavy atom. The van der Waals surface area contributed by atoms with Crippen LogP contribution in [0, 0.1) is 6.92 Å². The highest BCUT2D eigenvalue weighted by molar-refractivity contribution is 6.30. The van der Waals surface area contributed by atoms with Crippen molar-refractivity contribution in [2.75, 3.05) is 11.9 Å². The minimum absolute atomic E-state index is 0.199. The molecule has 4 aromatic rings. The van der Waals surface area contributed by atoms with Crippen LogP contribution >= 0.6 is 11.6 Å². The Balaban J connectivity index is 1.80. The summed E-state index contributed by atoms with van der Waals surface area (Å²) < 4.78 is 8.32. The number of benzene rings is 1. The van der Waals surface area contributed by atoms with Crippen molar-refractivity contribution in [1.82, 2.24) is 29.3 Å². The van der Waals surface area contributed by atoms with E-state index in [0.29, 0.717) is 33.6 Å². The number of anilines is 2. The number of aromatic nitrogens is 6. The molecule has 0 radical (unpaired) electrons. The number of hydrogen-bond donors (Lipinski definition) is 1. The zero-order valence-corrected chi connectivity index (χ0v) is 16.8. The summed E-state index contributed by atoms with van der Waals surface area (Å²) in [4.78, 5) is 25.6. The van der Waals surface area contributed by atoms with Gasteiger partial charge < -0.3 is 14.6 Å². The van der Waals surface area contributed by atoms with Crippen LogP contribution in [0.1, 0.15) is 23.1 Å². The summed E-state index contributed by atoms with van der Waals surface area (Å²) in [7, 11) is 1.85. The number of imidazole rings is 1. The second-order valence-corrected chi connectivity index (χ2v) is 6.77. The fourth-order valence-corrected chi connectivity index (χ4v) is 2.95. The molecule has 0 saturated carbocycles. The highest BCUT2D eigenvalue weighted by Crippen LogP contribution is 2.25. The van der Waals surface area contributed by atoms with E-state index >= 15 is 0 Å². The number of esters is 1. The zero-order chi connectivity index (χ0) is 20.5. The van der Waals surface area contributed by atoms with Crippen molar-refractivity contribution in [3.63, 3.8) is 0 Å². The van der Waals surface area contributed by atoms with Gasteiger partial charge in [0.1, 0.15) is 0 Å². The summed E-state index contributed by atoms with van der Waals surface area (Å²) in [6, 6.07) is 8.89. The molecule has 1 N–H and O–H groups in total. The maximum atomic E-state index is 12.0. The number of aryl methyl sites for hydroxylation is 2. The van der Waals surface area contributed by atoms with Gasteiger partial charge in [-0.05, 0) is 44.2 Å². The molecule has 0 aliphatic carbocycles. The average molecular weight is 412 g/mol. The summed E-state index contributed by atoms with van der Waals surface area (Å²) in [5, 5.41) is 8.21. The lowest BCUT2D eigenvalue weighted by Gasteiger charge is -2.09. The van der Waals surface area contributed by atoms with Crippen LogP contribution in [0.25, 0.3) is 17.1 Å². The molecule has 4 rings (SSSR count). The minimum atomic E-state index is -0.490. The average Bonchev–Trinajstić information content (AvgIpc) is 3.27. The van der Waals surface area contributed by atoms with E-state index < -0.39 is 5.97 Å². The molecule has 10 heteroatoms. The Labute approximate surface area is 171 Å². The number of nitrogens with one attached hydrogen (secondary N) is 1. The first-order chi connectivity index (χ1) is 14.0. The molecule has 3 heterocycles. The van der Waals surface area contributed by atoms with Gasteiger partial charge in [-0.1, -0.05) is 11.6 Å². The lowest BCUT2D eigenvalue weighted by molar-refractivity contribution is 0.0519. The monoisotopic (exact) mass is 411 g/mol. The van der Waals surface area contributed by atoms with E-state index in [4.69, 9.17) is 16.3 Å². The molecule has 0 aliphatic heterocycles. The van der Waals surface area contributed by atoms with Crippen LogP contribution < -0.4 is 5.32 Å². The summed E-state index contributed by atoms with van der Waals surface area (Å²) in [6.07, 6.45) is 1.66. The minimum Gasteiger partial charge on any atom is -0.461 e. The van der Waals surface area contributed by atoms with Crippen LogP contribution in [0.15, 0.2) is 36.7 Å². The number of carbonyl (C=O) groups is 1. The number of hydrogen-bond acceptors (Lipinski definition) is 7. The van der Waals surface area contributed by atoms with Gasteiger partial charge >= 0.3 is 5.97 Å². The van der Waals surface area contributed by atoms with Gasteiger partial charge in [0.2, 0.25) is 0 Å². The van der Waals surface area contributed by atoms with E-state index in [1.807, 2.05) is 26.1 Å². The molecule has 9 nitrogen and oxygen atoms in total. The molecule has 29 heavy (non-hydrogen) atoms. The fourth-order valence-electron chi connectivity index (χ4n) is 2.83. The maximum Gasteiger partial charge on any atom is 0.358 e. The van der Waals surface area contributed by atoms with Gasteiger partial charge in [-0.15, -0.1) is 0 Å². The Bertz CT molecular complexity index is 1200. The first kappa shape index (κ1) is 18.9. The van der Waals surface area contributed by atoms with Crippen molar-refractivity contribution in [3.05, 3.63) is 53.1 Å². The van der Waals surface area contributed by atoms with Crippen LogP contribution in [0.3, 0.4) is 0 Å². The summed E-state index contributed by atoms with van der Waals surface area (Å²) in [5.41, 5.74) is 2.94. The van der Waals surface area contributed by atoms with Crippen molar-refractivity contribution < 1.29 is 9.53 Å². The lowest BCUT2D eigenvalue weighted by Crippen LogP contribution is -2.10. The molecule has 0 saturated heterocycles. The standard InChI is InChI=1S/C19H18ClN7O2/c1-4-29-18(28)14-9-11(2)27(25-14)19-23-16(15-17(24-19)26(3)10-21-15)22-13-7-5-12(20)6-8-13/h5-10H,4H2,1-3H3,(H,22,23,24). The largest absolute Gasteiger partial charge is 0.461 e. The van der Waals surface area contributed by atoms with Gasteiger partial charge in [0.25, 0.3) is 5.95 Å². The van der Waals surface area contributed by atoms with Gasteiger partial charge in [0.15, 0.2) is 22.7 Å². The molecule has 148 valence electrons. The number of nitrogens with zero attached hydrogens (tertiary/aromatic N) is 6. The molecule has 0 spiro atoms. The molecule has 1 aromatic carbocycles.